The van der Waals surface area contributed by atoms with E-state index < -0.39 is 29.8 Å². The van der Waals surface area contributed by atoms with Crippen molar-refractivity contribution in [2.75, 3.05) is 27.0 Å². The maximum Gasteiger partial charge on any atom is 0.407 e. The maximum atomic E-state index is 12.7. The first-order valence-corrected chi connectivity index (χ1v) is 9.77. The van der Waals surface area contributed by atoms with Crippen LogP contribution in [-0.2, 0) is 35.1 Å². The minimum Gasteiger partial charge on any atom is -0.468 e. The number of nitrogens with zero attached hydrogens (tertiary/aromatic N) is 1. The predicted molar refractivity (Wildman–Crippen MR) is 107 cm³/mol. The van der Waals surface area contributed by atoms with Crippen molar-refractivity contribution < 1.29 is 33.3 Å². The van der Waals surface area contributed by atoms with E-state index in [1.807, 2.05) is 30.3 Å². The van der Waals surface area contributed by atoms with Crippen molar-refractivity contribution in [1.82, 2.24) is 10.2 Å². The first-order valence-electron chi connectivity index (χ1n) is 9.77. The molecule has 0 radical (unpaired) electrons. The van der Waals surface area contributed by atoms with Gasteiger partial charge in [-0.15, -0.1) is 0 Å². The van der Waals surface area contributed by atoms with Crippen molar-refractivity contribution in [2.45, 2.75) is 51.5 Å². The van der Waals surface area contributed by atoms with E-state index in [0.29, 0.717) is 13.0 Å². The number of amides is 2. The van der Waals surface area contributed by atoms with Gasteiger partial charge < -0.3 is 29.2 Å². The van der Waals surface area contributed by atoms with Gasteiger partial charge in [-0.25, -0.2) is 4.79 Å². The van der Waals surface area contributed by atoms with E-state index in [9.17, 15) is 14.4 Å². The van der Waals surface area contributed by atoms with Crippen LogP contribution >= 0.6 is 0 Å². The summed E-state index contributed by atoms with van der Waals surface area (Å²) in [7, 11) is 1.25. The number of benzene rings is 1. The number of rotatable bonds is 9. The average molecular weight is 422 g/mol. The van der Waals surface area contributed by atoms with Crippen molar-refractivity contribution in [1.29, 1.82) is 0 Å². The highest BCUT2D eigenvalue weighted by molar-refractivity contribution is 5.87. The molecule has 1 fully saturated rings. The first kappa shape index (κ1) is 23.6. The van der Waals surface area contributed by atoms with E-state index in [4.69, 9.17) is 14.2 Å². The lowest BCUT2D eigenvalue weighted by atomic mass is 10.2. The molecule has 2 rings (SSSR count). The molecule has 0 unspecified atom stereocenters. The molecule has 166 valence electrons. The molecule has 2 atom stereocenters. The van der Waals surface area contributed by atoms with Crippen LogP contribution in [0, 0.1) is 0 Å². The van der Waals surface area contributed by atoms with Gasteiger partial charge in [0, 0.05) is 13.0 Å². The number of hydrogen-bond donors (Lipinski definition) is 1. The molecule has 1 aromatic rings. The van der Waals surface area contributed by atoms with Gasteiger partial charge in [0.1, 0.15) is 25.0 Å². The minimum atomic E-state index is -0.768. The molecule has 1 aromatic carbocycles. The van der Waals surface area contributed by atoms with Crippen LogP contribution in [0.5, 0.6) is 0 Å². The summed E-state index contributed by atoms with van der Waals surface area (Å²) in [6.07, 6.45) is -1.06. The third-order valence-electron chi connectivity index (χ3n) is 4.36. The number of carbonyl (C=O) groups excluding carboxylic acids is 3. The van der Waals surface area contributed by atoms with Gasteiger partial charge in [-0.1, -0.05) is 30.3 Å². The summed E-state index contributed by atoms with van der Waals surface area (Å²) in [4.78, 5) is 37.7. The van der Waals surface area contributed by atoms with Crippen molar-refractivity contribution >= 4 is 18.0 Å². The number of ether oxygens (including phenoxy) is 4. The first-order chi connectivity index (χ1) is 14.2. The molecular weight excluding hydrogens is 392 g/mol. The molecule has 1 aliphatic rings. The molecule has 9 nitrogen and oxygen atoms in total. The quantitative estimate of drug-likeness (QED) is 0.368. The third-order valence-corrected chi connectivity index (χ3v) is 4.36. The normalized spacial score (nSPS) is 18.9. The van der Waals surface area contributed by atoms with Crippen molar-refractivity contribution in [3.05, 3.63) is 35.9 Å². The SMILES string of the molecule is COC(=O)CN1C(=O)[C@@H](OCOCc2ccccc2)C[C@@H]1CNC(=O)OC(C)(C)C. The molecule has 1 heterocycles. The van der Waals surface area contributed by atoms with Gasteiger partial charge in [0.05, 0.1) is 19.8 Å². The van der Waals surface area contributed by atoms with Gasteiger partial charge in [-0.05, 0) is 26.3 Å². The maximum absolute atomic E-state index is 12.7. The van der Waals surface area contributed by atoms with E-state index in [1.54, 1.807) is 20.8 Å². The molecule has 2 amide bonds. The van der Waals surface area contributed by atoms with Gasteiger partial charge in [0.2, 0.25) is 0 Å². The Morgan fingerprint density at radius 2 is 1.90 bits per heavy atom. The summed E-state index contributed by atoms with van der Waals surface area (Å²) in [6, 6.07) is 9.16. The second kappa shape index (κ2) is 10.9. The summed E-state index contributed by atoms with van der Waals surface area (Å²) < 4.78 is 21.0. The zero-order valence-corrected chi connectivity index (χ0v) is 17.9. The summed E-state index contributed by atoms with van der Waals surface area (Å²) in [5, 5.41) is 2.64. The van der Waals surface area contributed by atoms with Gasteiger partial charge >= 0.3 is 12.1 Å². The lowest BCUT2D eigenvalue weighted by molar-refractivity contribution is -0.153. The Bertz CT molecular complexity index is 718. The van der Waals surface area contributed by atoms with Crippen molar-refractivity contribution in [3.8, 4) is 0 Å². The Hall–Kier alpha value is -2.65. The Morgan fingerprint density at radius 3 is 2.53 bits per heavy atom. The van der Waals surface area contributed by atoms with E-state index >= 15 is 0 Å². The molecule has 0 aromatic heterocycles. The summed E-state index contributed by atoms with van der Waals surface area (Å²) in [5.41, 5.74) is 0.355. The molecule has 30 heavy (non-hydrogen) atoms. The number of methoxy groups -OCH3 is 1. The second-order valence-electron chi connectivity index (χ2n) is 7.92. The monoisotopic (exact) mass is 422 g/mol. The van der Waals surface area contributed by atoms with Crippen LogP contribution in [0.25, 0.3) is 0 Å². The number of alkyl carbamates (subject to hydrolysis) is 1. The highest BCUT2D eigenvalue weighted by Crippen LogP contribution is 2.22. The largest absolute Gasteiger partial charge is 0.468 e. The molecule has 0 bridgehead atoms. The molecule has 0 aliphatic carbocycles. The van der Waals surface area contributed by atoms with Crippen LogP contribution in [0.4, 0.5) is 4.79 Å². The fraction of sp³-hybridized carbons (Fsp3) is 0.571. The number of carbonyl (C=O) groups is 3. The lowest BCUT2D eigenvalue weighted by Crippen LogP contribution is -2.45. The lowest BCUT2D eigenvalue weighted by Gasteiger charge is -2.25. The van der Waals surface area contributed by atoms with Gasteiger partial charge in [0.25, 0.3) is 5.91 Å². The fourth-order valence-corrected chi connectivity index (χ4v) is 2.96. The van der Waals surface area contributed by atoms with Gasteiger partial charge in [0.15, 0.2) is 0 Å². The third kappa shape index (κ3) is 7.64. The van der Waals surface area contributed by atoms with Crippen molar-refractivity contribution in [3.63, 3.8) is 0 Å². The van der Waals surface area contributed by atoms with Crippen LogP contribution in [0.1, 0.15) is 32.8 Å². The summed E-state index contributed by atoms with van der Waals surface area (Å²) in [5.74, 6) is -0.897. The average Bonchev–Trinajstić information content (AvgIpc) is 2.98. The summed E-state index contributed by atoms with van der Waals surface area (Å²) in [6.45, 7) is 5.47. The molecule has 1 N–H and O–H groups in total. The Morgan fingerprint density at radius 1 is 1.20 bits per heavy atom. The Kier molecular flexibility index (Phi) is 8.61. The van der Waals surface area contributed by atoms with E-state index in [2.05, 4.69) is 10.1 Å². The molecule has 0 saturated carbocycles. The van der Waals surface area contributed by atoms with Crippen LogP contribution in [-0.4, -0.2) is 67.6 Å². The smallest absolute Gasteiger partial charge is 0.407 e. The highest BCUT2D eigenvalue weighted by atomic mass is 16.7. The molecule has 9 heteroatoms. The molecular formula is C21H30N2O7. The topological polar surface area (TPSA) is 103 Å². The summed E-state index contributed by atoms with van der Waals surface area (Å²) >= 11 is 0. The molecule has 0 spiro atoms. The van der Waals surface area contributed by atoms with Gasteiger partial charge in [-0.2, -0.15) is 0 Å². The highest BCUT2D eigenvalue weighted by Gasteiger charge is 2.41. The Labute approximate surface area is 176 Å². The number of esters is 1. The van der Waals surface area contributed by atoms with Gasteiger partial charge in [-0.3, -0.25) is 9.59 Å². The number of nitrogens with one attached hydrogen (secondary N) is 1. The van der Waals surface area contributed by atoms with Crippen LogP contribution in [0.2, 0.25) is 0 Å². The number of hydrogen-bond acceptors (Lipinski definition) is 7. The standard InChI is InChI=1S/C21H30N2O7/c1-21(2,3)30-20(26)22-11-16-10-17(19(25)23(16)12-18(24)27-4)29-14-28-13-15-8-6-5-7-9-15/h5-9,16-17H,10-14H2,1-4H3,(H,22,26)/t16-,17+/m1/s1. The minimum absolute atomic E-state index is 0.0659. The zero-order chi connectivity index (χ0) is 22.1. The van der Waals surface area contributed by atoms with E-state index in [-0.39, 0.29) is 25.8 Å². The van der Waals surface area contributed by atoms with Crippen LogP contribution < -0.4 is 5.32 Å². The Balaban J connectivity index is 1.88. The van der Waals surface area contributed by atoms with Crippen LogP contribution in [0.3, 0.4) is 0 Å². The van der Waals surface area contributed by atoms with E-state index in [1.165, 1.54) is 12.0 Å². The second-order valence-corrected chi connectivity index (χ2v) is 7.92. The molecule has 1 aliphatic heterocycles. The van der Waals surface area contributed by atoms with Crippen molar-refractivity contribution in [2.24, 2.45) is 0 Å². The number of likely N-dealkylation sites (tertiary alicyclic amines) is 1. The van der Waals surface area contributed by atoms with Crippen LogP contribution in [0.15, 0.2) is 30.3 Å². The predicted octanol–water partition coefficient (Wildman–Crippen LogP) is 1.84. The zero-order valence-electron chi connectivity index (χ0n) is 17.9. The fourth-order valence-electron chi connectivity index (χ4n) is 2.96. The molecule has 1 saturated heterocycles. The van der Waals surface area contributed by atoms with E-state index in [0.717, 1.165) is 5.56 Å².